The van der Waals surface area contributed by atoms with E-state index < -0.39 is 0 Å². The molecule has 2 heteroatoms. The summed E-state index contributed by atoms with van der Waals surface area (Å²) in [5.74, 6) is 0. The maximum Gasteiger partial charge on any atom is 0.0409 e. The lowest BCUT2D eigenvalue weighted by molar-refractivity contribution is 0.570. The van der Waals surface area contributed by atoms with Crippen molar-refractivity contribution in [1.29, 1.82) is 0 Å². The monoisotopic (exact) mass is 181 g/mol. The fourth-order valence-corrected chi connectivity index (χ4v) is 1.99. The van der Waals surface area contributed by atoms with Gasteiger partial charge >= 0.3 is 0 Å². The van der Waals surface area contributed by atoms with Crippen molar-refractivity contribution in [3.8, 4) is 0 Å². The molecule has 64 valence electrons. The summed E-state index contributed by atoms with van der Waals surface area (Å²) < 4.78 is 0. The van der Waals surface area contributed by atoms with Gasteiger partial charge in [-0.15, -0.1) is 0 Å². The molecule has 1 unspecified atom stereocenters. The SMILES string of the molecule is NC1CCCc2ccc(Cl)cc21. The Morgan fingerprint density at radius 2 is 2.25 bits per heavy atom. The molecule has 12 heavy (non-hydrogen) atoms. The molecule has 0 bridgehead atoms. The third kappa shape index (κ3) is 1.35. The van der Waals surface area contributed by atoms with Gasteiger partial charge in [-0.2, -0.15) is 0 Å². The lowest BCUT2D eigenvalue weighted by Crippen LogP contribution is -2.17. The number of fused-ring (bicyclic) bond motifs is 1. The number of halogens is 1. The van der Waals surface area contributed by atoms with Crippen molar-refractivity contribution in [1.82, 2.24) is 0 Å². The minimum absolute atomic E-state index is 0.201. The van der Waals surface area contributed by atoms with Gasteiger partial charge in [-0.1, -0.05) is 17.7 Å². The summed E-state index contributed by atoms with van der Waals surface area (Å²) in [5, 5.41) is 0.797. The molecular weight excluding hydrogens is 170 g/mol. The maximum absolute atomic E-state index is 5.96. The molecule has 1 atom stereocenters. The van der Waals surface area contributed by atoms with Gasteiger partial charge in [0, 0.05) is 11.1 Å². The second-order valence-electron chi connectivity index (χ2n) is 3.34. The molecule has 0 aliphatic heterocycles. The average molecular weight is 182 g/mol. The van der Waals surface area contributed by atoms with Crippen LogP contribution in [-0.4, -0.2) is 0 Å². The van der Waals surface area contributed by atoms with Crippen molar-refractivity contribution in [3.05, 3.63) is 34.3 Å². The third-order valence-electron chi connectivity index (χ3n) is 2.47. The molecule has 0 aromatic heterocycles. The molecule has 1 nitrogen and oxygen atoms in total. The van der Waals surface area contributed by atoms with Gasteiger partial charge in [0.05, 0.1) is 0 Å². The van der Waals surface area contributed by atoms with Gasteiger partial charge in [0.1, 0.15) is 0 Å². The fourth-order valence-electron chi connectivity index (χ4n) is 1.81. The van der Waals surface area contributed by atoms with E-state index in [4.69, 9.17) is 17.3 Å². The van der Waals surface area contributed by atoms with Gasteiger partial charge < -0.3 is 5.73 Å². The van der Waals surface area contributed by atoms with E-state index in [0.717, 1.165) is 17.9 Å². The first-order chi connectivity index (χ1) is 5.77. The number of nitrogens with two attached hydrogens (primary N) is 1. The van der Waals surface area contributed by atoms with Gasteiger partial charge in [-0.05, 0) is 42.5 Å². The van der Waals surface area contributed by atoms with Crippen LogP contribution in [0.2, 0.25) is 5.02 Å². The second kappa shape index (κ2) is 3.08. The number of rotatable bonds is 0. The number of hydrogen-bond donors (Lipinski definition) is 1. The Morgan fingerprint density at radius 1 is 1.42 bits per heavy atom. The smallest absolute Gasteiger partial charge is 0.0409 e. The van der Waals surface area contributed by atoms with Crippen LogP contribution in [0.5, 0.6) is 0 Å². The van der Waals surface area contributed by atoms with Crippen molar-refractivity contribution in [2.75, 3.05) is 0 Å². The van der Waals surface area contributed by atoms with Crippen LogP contribution in [0, 0.1) is 0 Å². The van der Waals surface area contributed by atoms with Crippen LogP contribution in [0.4, 0.5) is 0 Å². The largest absolute Gasteiger partial charge is 0.324 e. The van der Waals surface area contributed by atoms with Gasteiger partial charge in [0.15, 0.2) is 0 Å². The summed E-state index contributed by atoms with van der Waals surface area (Å²) in [7, 11) is 0. The summed E-state index contributed by atoms with van der Waals surface area (Å²) in [6, 6.07) is 6.24. The number of hydrogen-bond acceptors (Lipinski definition) is 1. The Morgan fingerprint density at radius 3 is 3.08 bits per heavy atom. The molecule has 0 saturated heterocycles. The molecule has 0 fully saturated rings. The highest BCUT2D eigenvalue weighted by Gasteiger charge is 2.16. The summed E-state index contributed by atoms with van der Waals surface area (Å²) in [5.41, 5.74) is 8.57. The van der Waals surface area contributed by atoms with Gasteiger partial charge in [0.25, 0.3) is 0 Å². The highest BCUT2D eigenvalue weighted by Crippen LogP contribution is 2.29. The lowest BCUT2D eigenvalue weighted by Gasteiger charge is -2.21. The van der Waals surface area contributed by atoms with Crippen molar-refractivity contribution in [2.24, 2.45) is 5.73 Å². The molecule has 1 aromatic carbocycles. The Labute approximate surface area is 77.5 Å². The van der Waals surface area contributed by atoms with Crippen LogP contribution < -0.4 is 5.73 Å². The van der Waals surface area contributed by atoms with Crippen molar-refractivity contribution < 1.29 is 0 Å². The van der Waals surface area contributed by atoms with Crippen molar-refractivity contribution >= 4 is 11.6 Å². The third-order valence-corrected chi connectivity index (χ3v) is 2.70. The van der Waals surface area contributed by atoms with Gasteiger partial charge in [-0.3, -0.25) is 0 Å². The van der Waals surface area contributed by atoms with Crippen molar-refractivity contribution in [3.63, 3.8) is 0 Å². The van der Waals surface area contributed by atoms with E-state index in [1.54, 1.807) is 0 Å². The molecule has 1 aliphatic rings. The van der Waals surface area contributed by atoms with Gasteiger partial charge in [-0.25, -0.2) is 0 Å². The first-order valence-electron chi connectivity index (χ1n) is 4.31. The van der Waals surface area contributed by atoms with E-state index in [0.29, 0.717) is 0 Å². The van der Waals surface area contributed by atoms with Crippen LogP contribution in [0.3, 0.4) is 0 Å². The number of benzene rings is 1. The van der Waals surface area contributed by atoms with E-state index in [-0.39, 0.29) is 6.04 Å². The molecule has 1 aromatic rings. The minimum atomic E-state index is 0.201. The number of aryl methyl sites for hydroxylation is 1. The van der Waals surface area contributed by atoms with Crippen molar-refractivity contribution in [2.45, 2.75) is 25.3 Å². The average Bonchev–Trinajstić information content (AvgIpc) is 2.07. The first-order valence-corrected chi connectivity index (χ1v) is 4.69. The molecule has 0 spiro atoms. The normalized spacial score (nSPS) is 22.0. The van der Waals surface area contributed by atoms with E-state index in [1.807, 2.05) is 12.1 Å². The Kier molecular flexibility index (Phi) is 2.07. The molecule has 0 heterocycles. The lowest BCUT2D eigenvalue weighted by atomic mass is 9.88. The van der Waals surface area contributed by atoms with Crippen LogP contribution in [-0.2, 0) is 6.42 Å². The predicted molar refractivity (Wildman–Crippen MR) is 51.3 cm³/mol. The summed E-state index contributed by atoms with van der Waals surface area (Å²) >= 11 is 5.89. The van der Waals surface area contributed by atoms with Gasteiger partial charge in [0.2, 0.25) is 0 Å². The van der Waals surface area contributed by atoms with E-state index in [1.165, 1.54) is 17.5 Å². The second-order valence-corrected chi connectivity index (χ2v) is 3.78. The molecule has 2 rings (SSSR count). The van der Waals surface area contributed by atoms with E-state index in [9.17, 15) is 0 Å². The van der Waals surface area contributed by atoms with Crippen LogP contribution in [0.1, 0.15) is 30.0 Å². The highest BCUT2D eigenvalue weighted by atomic mass is 35.5. The summed E-state index contributed by atoms with van der Waals surface area (Å²) in [6.07, 6.45) is 3.45. The zero-order chi connectivity index (χ0) is 8.55. The molecule has 0 saturated carbocycles. The van der Waals surface area contributed by atoms with Crippen LogP contribution in [0.15, 0.2) is 18.2 Å². The molecular formula is C10H12ClN. The zero-order valence-corrected chi connectivity index (χ0v) is 7.64. The Hall–Kier alpha value is -0.530. The van der Waals surface area contributed by atoms with Crippen LogP contribution >= 0.6 is 11.6 Å². The predicted octanol–water partition coefficient (Wildman–Crippen LogP) is 2.68. The first kappa shape index (κ1) is 8.09. The molecule has 0 amide bonds. The van der Waals surface area contributed by atoms with Crippen LogP contribution in [0.25, 0.3) is 0 Å². The quantitative estimate of drug-likeness (QED) is 0.655. The molecule has 1 aliphatic carbocycles. The minimum Gasteiger partial charge on any atom is -0.324 e. The topological polar surface area (TPSA) is 26.0 Å². The zero-order valence-electron chi connectivity index (χ0n) is 6.89. The van der Waals surface area contributed by atoms with E-state index >= 15 is 0 Å². The van der Waals surface area contributed by atoms with E-state index in [2.05, 4.69) is 6.07 Å². The molecule has 2 N–H and O–H groups in total. The fraction of sp³-hybridized carbons (Fsp3) is 0.400. The maximum atomic E-state index is 5.96. The highest BCUT2D eigenvalue weighted by molar-refractivity contribution is 6.30. The Bertz CT molecular complexity index is 296. The summed E-state index contributed by atoms with van der Waals surface area (Å²) in [6.45, 7) is 0. The Balaban J connectivity index is 2.47. The molecule has 0 radical (unpaired) electrons. The standard InChI is InChI=1S/C10H12ClN/c11-8-5-4-7-2-1-3-10(12)9(7)6-8/h4-6,10H,1-3,12H2. The summed E-state index contributed by atoms with van der Waals surface area (Å²) in [4.78, 5) is 0.